The molecular formula is C18H23IN4O4. The van der Waals surface area contributed by atoms with Crippen molar-refractivity contribution in [3.05, 3.63) is 47.4 Å². The Labute approximate surface area is 174 Å². The number of nitrogens with zero attached hydrogens (tertiary/aromatic N) is 1. The highest BCUT2D eigenvalue weighted by atomic mass is 127. The van der Waals surface area contributed by atoms with E-state index in [9.17, 15) is 4.79 Å². The van der Waals surface area contributed by atoms with Gasteiger partial charge in [-0.2, -0.15) is 0 Å². The Kier molecular flexibility index (Phi) is 7.77. The van der Waals surface area contributed by atoms with Gasteiger partial charge in [-0.05, 0) is 43.2 Å². The van der Waals surface area contributed by atoms with Crippen LogP contribution in [0.4, 0.5) is 0 Å². The van der Waals surface area contributed by atoms with Gasteiger partial charge in [-0.25, -0.2) is 4.99 Å². The van der Waals surface area contributed by atoms with Gasteiger partial charge >= 0.3 is 0 Å². The van der Waals surface area contributed by atoms with Crippen LogP contribution in [0.3, 0.4) is 0 Å². The summed E-state index contributed by atoms with van der Waals surface area (Å²) >= 11 is 0. The zero-order valence-corrected chi connectivity index (χ0v) is 17.3. The van der Waals surface area contributed by atoms with Crippen LogP contribution in [0.25, 0.3) is 0 Å². The van der Waals surface area contributed by atoms with E-state index < -0.39 is 5.91 Å². The van der Waals surface area contributed by atoms with Gasteiger partial charge < -0.3 is 30.3 Å². The highest BCUT2D eigenvalue weighted by Gasteiger charge is 2.13. The number of guanidine groups is 1. The quantitative estimate of drug-likeness (QED) is 0.314. The average molecular weight is 486 g/mol. The molecule has 1 aliphatic heterocycles. The number of halogens is 1. The van der Waals surface area contributed by atoms with Crippen molar-refractivity contribution in [3.8, 4) is 11.5 Å². The summed E-state index contributed by atoms with van der Waals surface area (Å²) in [7, 11) is 0. The number of carbonyl (C=O) groups is 1. The van der Waals surface area contributed by atoms with Crippen molar-refractivity contribution < 1.29 is 18.7 Å². The first-order chi connectivity index (χ1) is 12.7. The fourth-order valence-electron chi connectivity index (χ4n) is 2.52. The van der Waals surface area contributed by atoms with Gasteiger partial charge in [0.1, 0.15) is 12.3 Å². The van der Waals surface area contributed by atoms with Crippen molar-refractivity contribution in [1.82, 2.24) is 10.6 Å². The monoisotopic (exact) mass is 486 g/mol. The number of hydrogen-bond donors (Lipinski definition) is 3. The third-order valence-corrected chi connectivity index (χ3v) is 3.78. The second-order valence-corrected chi connectivity index (χ2v) is 5.69. The van der Waals surface area contributed by atoms with Crippen molar-refractivity contribution in [1.29, 1.82) is 0 Å². The lowest BCUT2D eigenvalue weighted by molar-refractivity contribution is 0.0972. The maximum Gasteiger partial charge on any atom is 0.284 e. The molecule has 0 saturated heterocycles. The Hall–Kier alpha value is -2.43. The van der Waals surface area contributed by atoms with Gasteiger partial charge in [0.15, 0.2) is 23.2 Å². The van der Waals surface area contributed by atoms with E-state index in [1.54, 1.807) is 12.1 Å². The molecule has 1 aromatic heterocycles. The summed E-state index contributed by atoms with van der Waals surface area (Å²) in [6.45, 7) is 4.02. The molecule has 9 heteroatoms. The summed E-state index contributed by atoms with van der Waals surface area (Å²) in [6.07, 6.45) is 0.813. The lowest BCUT2D eigenvalue weighted by Gasteiger charge is -2.11. The molecule has 0 saturated carbocycles. The van der Waals surface area contributed by atoms with Crippen LogP contribution < -0.4 is 25.8 Å². The van der Waals surface area contributed by atoms with E-state index in [1.165, 1.54) is 0 Å². The number of hydrogen-bond acceptors (Lipinski definition) is 5. The second kappa shape index (κ2) is 10.0. The summed E-state index contributed by atoms with van der Waals surface area (Å²) in [5.41, 5.74) is 6.32. The van der Waals surface area contributed by atoms with Crippen molar-refractivity contribution in [2.75, 3.05) is 19.9 Å². The normalized spacial score (nSPS) is 12.4. The molecule has 0 atom stereocenters. The van der Waals surface area contributed by atoms with Crippen molar-refractivity contribution >= 4 is 35.8 Å². The predicted octanol–water partition coefficient (Wildman–Crippen LogP) is 2.02. The van der Waals surface area contributed by atoms with Gasteiger partial charge in [-0.1, -0.05) is 6.07 Å². The number of fused-ring (bicyclic) bond motifs is 1. The molecule has 4 N–H and O–H groups in total. The standard InChI is InChI=1S/C18H22N4O4.HI/c1-2-20-18(22-10-13-4-6-15(26-13)17(19)23)21-8-7-12-3-5-14-16(9-12)25-11-24-14;/h3-6,9H,2,7-8,10-11H2,1H3,(H2,19,23)(H2,20,21,22);1H. The SMILES string of the molecule is CCNC(=NCc1ccc(C(N)=O)o1)NCCc1ccc2c(c1)OCO2.I. The van der Waals surface area contributed by atoms with E-state index in [1.807, 2.05) is 25.1 Å². The number of amides is 1. The van der Waals surface area contributed by atoms with Crippen molar-refractivity contribution in [2.45, 2.75) is 19.9 Å². The van der Waals surface area contributed by atoms with Gasteiger partial charge in [0.05, 0.1) is 0 Å². The summed E-state index contributed by atoms with van der Waals surface area (Å²) in [5, 5.41) is 6.44. The first kappa shape index (κ1) is 20.9. The number of carbonyl (C=O) groups excluding carboxylic acids is 1. The number of furan rings is 1. The molecule has 1 aromatic carbocycles. The van der Waals surface area contributed by atoms with Gasteiger partial charge in [0.25, 0.3) is 5.91 Å². The Balaban J connectivity index is 0.00000261. The minimum atomic E-state index is -0.589. The van der Waals surface area contributed by atoms with Gasteiger partial charge in [-0.15, -0.1) is 24.0 Å². The fourth-order valence-corrected chi connectivity index (χ4v) is 2.52. The number of benzene rings is 1. The van der Waals surface area contributed by atoms with Crippen LogP contribution >= 0.6 is 24.0 Å². The molecule has 8 nitrogen and oxygen atoms in total. The lowest BCUT2D eigenvalue weighted by atomic mass is 10.1. The minimum absolute atomic E-state index is 0. The first-order valence-corrected chi connectivity index (χ1v) is 8.45. The summed E-state index contributed by atoms with van der Waals surface area (Å²) in [5.74, 6) is 2.36. The largest absolute Gasteiger partial charge is 0.454 e. The highest BCUT2D eigenvalue weighted by molar-refractivity contribution is 14.0. The van der Waals surface area contributed by atoms with E-state index in [2.05, 4.69) is 15.6 Å². The molecule has 0 aliphatic carbocycles. The van der Waals surface area contributed by atoms with Crippen LogP contribution in [0.2, 0.25) is 0 Å². The Morgan fingerprint density at radius 1 is 1.19 bits per heavy atom. The van der Waals surface area contributed by atoms with E-state index in [0.717, 1.165) is 30.0 Å². The topological polar surface area (TPSA) is 111 Å². The van der Waals surface area contributed by atoms with Crippen LogP contribution in [-0.4, -0.2) is 31.7 Å². The smallest absolute Gasteiger partial charge is 0.284 e. The van der Waals surface area contributed by atoms with Gasteiger partial charge in [0.2, 0.25) is 6.79 Å². The number of primary amides is 1. The number of nitrogens with one attached hydrogen (secondary N) is 2. The Morgan fingerprint density at radius 3 is 2.74 bits per heavy atom. The molecule has 146 valence electrons. The second-order valence-electron chi connectivity index (χ2n) is 5.69. The molecule has 1 aliphatic rings. The molecule has 0 fully saturated rings. The van der Waals surface area contributed by atoms with Crippen LogP contribution in [0, 0.1) is 0 Å². The van der Waals surface area contributed by atoms with Gasteiger partial charge in [0, 0.05) is 13.1 Å². The maximum absolute atomic E-state index is 11.1. The molecule has 0 radical (unpaired) electrons. The van der Waals surface area contributed by atoms with Crippen LogP contribution in [0.1, 0.15) is 28.8 Å². The zero-order chi connectivity index (χ0) is 18.4. The molecule has 1 amide bonds. The third kappa shape index (κ3) is 5.78. The van der Waals surface area contributed by atoms with Crippen molar-refractivity contribution in [3.63, 3.8) is 0 Å². The Morgan fingerprint density at radius 2 is 2.00 bits per heavy atom. The number of aliphatic imine (C=N–C) groups is 1. The van der Waals surface area contributed by atoms with Crippen LogP contribution in [0.15, 0.2) is 39.7 Å². The minimum Gasteiger partial charge on any atom is -0.454 e. The first-order valence-electron chi connectivity index (χ1n) is 8.45. The number of rotatable bonds is 7. The molecular weight excluding hydrogens is 463 g/mol. The van der Waals surface area contributed by atoms with E-state index in [0.29, 0.717) is 24.8 Å². The van der Waals surface area contributed by atoms with E-state index in [4.69, 9.17) is 19.6 Å². The lowest BCUT2D eigenvalue weighted by Crippen LogP contribution is -2.38. The molecule has 27 heavy (non-hydrogen) atoms. The average Bonchev–Trinajstić information content (AvgIpc) is 3.28. The van der Waals surface area contributed by atoms with Gasteiger partial charge in [-0.3, -0.25) is 4.79 Å². The fraction of sp³-hybridized carbons (Fsp3) is 0.333. The third-order valence-electron chi connectivity index (χ3n) is 3.78. The molecule has 2 aromatic rings. The molecule has 2 heterocycles. The van der Waals surface area contributed by atoms with E-state index >= 15 is 0 Å². The number of ether oxygens (including phenoxy) is 2. The van der Waals surface area contributed by atoms with Crippen molar-refractivity contribution in [2.24, 2.45) is 10.7 Å². The van der Waals surface area contributed by atoms with Crippen LogP contribution in [0.5, 0.6) is 11.5 Å². The molecule has 0 unspecified atom stereocenters. The zero-order valence-electron chi connectivity index (χ0n) is 15.0. The summed E-state index contributed by atoms with van der Waals surface area (Å²) in [6, 6.07) is 9.17. The summed E-state index contributed by atoms with van der Waals surface area (Å²) in [4.78, 5) is 15.5. The highest BCUT2D eigenvalue weighted by Crippen LogP contribution is 2.32. The number of nitrogens with two attached hydrogens (primary N) is 1. The van der Waals surface area contributed by atoms with E-state index in [-0.39, 0.29) is 36.5 Å². The van der Waals surface area contributed by atoms with Crippen LogP contribution in [-0.2, 0) is 13.0 Å². The predicted molar refractivity (Wildman–Crippen MR) is 112 cm³/mol. The summed E-state index contributed by atoms with van der Waals surface area (Å²) < 4.78 is 16.0. The molecule has 0 spiro atoms. The molecule has 3 rings (SSSR count). The maximum atomic E-state index is 11.1. The Bertz CT molecular complexity index is 806. The molecule has 0 bridgehead atoms.